The zero-order valence-electron chi connectivity index (χ0n) is 11.3. The number of rotatable bonds is 2. The number of carbonyl (C=O) groups excluding carboxylic acids is 2. The Labute approximate surface area is 121 Å². The van der Waals surface area contributed by atoms with Crippen molar-refractivity contribution in [3.63, 3.8) is 0 Å². The van der Waals surface area contributed by atoms with Crippen LogP contribution in [-0.4, -0.2) is 16.8 Å². The molecule has 6 heteroatoms. The SMILES string of the molecule is CCC(=O)Nc1ccc2c(c1)C(=O)Nc1cccnc1O2. The third-order valence-corrected chi connectivity index (χ3v) is 3.06. The maximum Gasteiger partial charge on any atom is 0.259 e. The molecule has 0 aliphatic carbocycles. The van der Waals surface area contributed by atoms with Gasteiger partial charge in [0.2, 0.25) is 11.8 Å². The molecule has 2 N–H and O–H groups in total. The average molecular weight is 283 g/mol. The second-order valence-electron chi connectivity index (χ2n) is 4.52. The molecule has 0 fully saturated rings. The lowest BCUT2D eigenvalue weighted by molar-refractivity contribution is -0.115. The van der Waals surface area contributed by atoms with Gasteiger partial charge in [0.05, 0.1) is 5.56 Å². The second kappa shape index (κ2) is 5.24. The van der Waals surface area contributed by atoms with Crippen LogP contribution in [0.4, 0.5) is 11.4 Å². The lowest BCUT2D eigenvalue weighted by Gasteiger charge is -2.08. The Morgan fingerprint density at radius 2 is 2.24 bits per heavy atom. The minimum Gasteiger partial charge on any atom is -0.436 e. The number of ether oxygens (including phenoxy) is 1. The Hall–Kier alpha value is -2.89. The quantitative estimate of drug-likeness (QED) is 0.888. The van der Waals surface area contributed by atoms with Gasteiger partial charge in [-0.25, -0.2) is 4.98 Å². The molecule has 0 saturated heterocycles. The number of hydrogen-bond acceptors (Lipinski definition) is 4. The predicted molar refractivity (Wildman–Crippen MR) is 77.6 cm³/mol. The molecule has 2 amide bonds. The average Bonchev–Trinajstić information content (AvgIpc) is 2.63. The fourth-order valence-corrected chi connectivity index (χ4v) is 1.98. The molecule has 1 aliphatic heterocycles. The molecule has 0 atom stereocenters. The zero-order chi connectivity index (χ0) is 14.8. The van der Waals surface area contributed by atoms with E-state index in [0.717, 1.165) is 0 Å². The van der Waals surface area contributed by atoms with Crippen LogP contribution in [0.3, 0.4) is 0 Å². The molecule has 0 radical (unpaired) electrons. The van der Waals surface area contributed by atoms with Crippen LogP contribution in [0.1, 0.15) is 23.7 Å². The Bertz CT molecular complexity index is 728. The van der Waals surface area contributed by atoms with Crippen LogP contribution in [0.25, 0.3) is 0 Å². The Kier molecular flexibility index (Phi) is 3.27. The van der Waals surface area contributed by atoms with E-state index >= 15 is 0 Å². The van der Waals surface area contributed by atoms with Crippen molar-refractivity contribution in [2.45, 2.75) is 13.3 Å². The minimum absolute atomic E-state index is 0.116. The van der Waals surface area contributed by atoms with Gasteiger partial charge in [0, 0.05) is 18.3 Å². The molecule has 2 heterocycles. The molecule has 1 aromatic carbocycles. The molecule has 0 unspecified atom stereocenters. The van der Waals surface area contributed by atoms with E-state index in [-0.39, 0.29) is 11.8 Å². The van der Waals surface area contributed by atoms with Crippen molar-refractivity contribution >= 4 is 23.2 Å². The molecule has 1 aromatic heterocycles. The van der Waals surface area contributed by atoms with Gasteiger partial charge in [-0.2, -0.15) is 0 Å². The van der Waals surface area contributed by atoms with Crippen molar-refractivity contribution < 1.29 is 14.3 Å². The van der Waals surface area contributed by atoms with Gasteiger partial charge in [0.1, 0.15) is 11.4 Å². The molecule has 1 aliphatic rings. The van der Waals surface area contributed by atoms with Gasteiger partial charge in [-0.1, -0.05) is 6.92 Å². The molecule has 0 saturated carbocycles. The van der Waals surface area contributed by atoms with Gasteiger partial charge in [-0.15, -0.1) is 0 Å². The highest BCUT2D eigenvalue weighted by Gasteiger charge is 2.21. The Morgan fingerprint density at radius 1 is 1.38 bits per heavy atom. The fourth-order valence-electron chi connectivity index (χ4n) is 1.98. The van der Waals surface area contributed by atoms with Gasteiger partial charge >= 0.3 is 0 Å². The van der Waals surface area contributed by atoms with Gasteiger partial charge in [0.15, 0.2) is 0 Å². The Morgan fingerprint density at radius 3 is 3.05 bits per heavy atom. The van der Waals surface area contributed by atoms with Crippen LogP contribution in [0.5, 0.6) is 11.6 Å². The van der Waals surface area contributed by atoms with E-state index in [9.17, 15) is 9.59 Å². The summed E-state index contributed by atoms with van der Waals surface area (Å²) in [6.45, 7) is 1.76. The van der Waals surface area contributed by atoms with Crippen LogP contribution < -0.4 is 15.4 Å². The lowest BCUT2D eigenvalue weighted by atomic mass is 10.1. The van der Waals surface area contributed by atoms with Crippen LogP contribution >= 0.6 is 0 Å². The molecule has 21 heavy (non-hydrogen) atoms. The number of hydrogen-bond donors (Lipinski definition) is 2. The summed E-state index contributed by atoms with van der Waals surface area (Å²) < 4.78 is 5.65. The number of amides is 2. The Balaban J connectivity index is 1.98. The zero-order valence-corrected chi connectivity index (χ0v) is 11.3. The predicted octanol–water partition coefficient (Wildman–Crippen LogP) is 2.79. The van der Waals surface area contributed by atoms with E-state index in [0.29, 0.717) is 35.0 Å². The van der Waals surface area contributed by atoms with E-state index in [2.05, 4.69) is 15.6 Å². The van der Waals surface area contributed by atoms with Crippen LogP contribution in [0.2, 0.25) is 0 Å². The first kappa shape index (κ1) is 13.1. The number of fused-ring (bicyclic) bond motifs is 2. The van der Waals surface area contributed by atoms with Crippen molar-refractivity contribution in [1.29, 1.82) is 0 Å². The standard InChI is InChI=1S/C15H13N3O3/c1-2-13(19)17-9-5-6-12-10(8-9)14(20)18-11-4-3-7-16-15(11)21-12/h3-8H,2H2,1H3,(H,17,19)(H,18,20). The van der Waals surface area contributed by atoms with Crippen molar-refractivity contribution in [3.05, 3.63) is 42.1 Å². The molecule has 0 bridgehead atoms. The summed E-state index contributed by atoms with van der Waals surface area (Å²) in [5.74, 6) is 0.327. The van der Waals surface area contributed by atoms with E-state index in [1.807, 2.05) is 0 Å². The maximum atomic E-state index is 12.2. The summed E-state index contributed by atoms with van der Waals surface area (Å²) in [5.41, 5.74) is 1.41. The van der Waals surface area contributed by atoms with Gasteiger partial charge in [0.25, 0.3) is 5.91 Å². The normalized spacial score (nSPS) is 12.3. The van der Waals surface area contributed by atoms with Crippen molar-refractivity contribution in [1.82, 2.24) is 4.98 Å². The highest BCUT2D eigenvalue weighted by molar-refractivity contribution is 6.08. The van der Waals surface area contributed by atoms with Gasteiger partial charge in [-0.05, 0) is 30.3 Å². The van der Waals surface area contributed by atoms with Crippen molar-refractivity contribution in [2.75, 3.05) is 10.6 Å². The summed E-state index contributed by atoms with van der Waals surface area (Å²) in [6.07, 6.45) is 1.96. The first-order chi connectivity index (χ1) is 10.2. The largest absolute Gasteiger partial charge is 0.436 e. The molecule has 106 valence electrons. The monoisotopic (exact) mass is 283 g/mol. The molecule has 3 rings (SSSR count). The highest BCUT2D eigenvalue weighted by atomic mass is 16.5. The summed E-state index contributed by atoms with van der Waals surface area (Å²) in [4.78, 5) is 27.8. The van der Waals surface area contributed by atoms with Crippen molar-refractivity contribution in [2.24, 2.45) is 0 Å². The van der Waals surface area contributed by atoms with E-state index in [1.165, 1.54) is 0 Å². The topological polar surface area (TPSA) is 80.3 Å². The van der Waals surface area contributed by atoms with Gasteiger partial charge < -0.3 is 15.4 Å². The van der Waals surface area contributed by atoms with Crippen molar-refractivity contribution in [3.8, 4) is 11.6 Å². The summed E-state index contributed by atoms with van der Waals surface area (Å²) in [6, 6.07) is 8.35. The van der Waals surface area contributed by atoms with E-state index in [1.54, 1.807) is 43.5 Å². The van der Waals surface area contributed by atoms with E-state index in [4.69, 9.17) is 4.74 Å². The number of nitrogens with zero attached hydrogens (tertiary/aromatic N) is 1. The van der Waals surface area contributed by atoms with Gasteiger partial charge in [-0.3, -0.25) is 9.59 Å². The summed E-state index contributed by atoms with van der Waals surface area (Å²) >= 11 is 0. The van der Waals surface area contributed by atoms with Crippen LogP contribution in [-0.2, 0) is 4.79 Å². The second-order valence-corrected chi connectivity index (χ2v) is 4.52. The number of pyridine rings is 1. The maximum absolute atomic E-state index is 12.2. The highest BCUT2D eigenvalue weighted by Crippen LogP contribution is 2.34. The molecule has 6 nitrogen and oxygen atoms in total. The molecule has 0 spiro atoms. The molecule has 2 aromatic rings. The molecular weight excluding hydrogens is 270 g/mol. The minimum atomic E-state index is -0.302. The number of benzene rings is 1. The number of carbonyl (C=O) groups is 2. The number of aromatic nitrogens is 1. The van der Waals surface area contributed by atoms with Crippen LogP contribution in [0.15, 0.2) is 36.5 Å². The summed E-state index contributed by atoms with van der Waals surface area (Å²) in [7, 11) is 0. The number of anilines is 2. The fraction of sp³-hybridized carbons (Fsp3) is 0.133. The lowest BCUT2D eigenvalue weighted by Crippen LogP contribution is -2.13. The third kappa shape index (κ3) is 2.55. The number of nitrogens with one attached hydrogen (secondary N) is 2. The van der Waals surface area contributed by atoms with E-state index < -0.39 is 0 Å². The first-order valence-corrected chi connectivity index (χ1v) is 6.55. The summed E-state index contributed by atoms with van der Waals surface area (Å²) in [5, 5.41) is 5.45. The third-order valence-electron chi connectivity index (χ3n) is 3.06. The molecular formula is C15H13N3O3. The smallest absolute Gasteiger partial charge is 0.259 e. The van der Waals surface area contributed by atoms with Crippen LogP contribution in [0, 0.1) is 0 Å². The first-order valence-electron chi connectivity index (χ1n) is 6.55.